The Kier molecular flexibility index (Phi) is 9.07. The minimum Gasteiger partial charge on any atom is -0.503 e. The number of methoxy groups -OCH3 is 1. The number of aromatic hydroxyl groups is 1. The van der Waals surface area contributed by atoms with E-state index in [1.807, 2.05) is 13.8 Å². The minimum absolute atomic E-state index is 0.0598. The molecular formula is C21H31NO7. The Hall–Kier alpha value is -2.64. The van der Waals surface area contributed by atoms with Gasteiger partial charge in [-0.15, -0.1) is 0 Å². The summed E-state index contributed by atoms with van der Waals surface area (Å²) in [7, 11) is 1.36. The molecule has 3 atom stereocenters. The molecule has 0 radical (unpaired) electrons. The van der Waals surface area contributed by atoms with Crippen LogP contribution in [0.5, 0.6) is 11.5 Å². The number of rotatable bonds is 10. The smallest absolute Gasteiger partial charge is 0.309 e. The standard InChI is InChI=1S/C21H31NO7/c1-11(2)19(29-20(25)12(3)4)14(6)28-21(26)13(5)10-15(23)17-18(24)16(27-7)8-9-22-17/h8-9,11-14,19,24H,10H2,1-7H3/t13-,14+,19-/m1/s1. The number of aromatic nitrogens is 1. The summed E-state index contributed by atoms with van der Waals surface area (Å²) in [6.07, 6.45) is -0.128. The van der Waals surface area contributed by atoms with Crippen molar-refractivity contribution in [2.24, 2.45) is 17.8 Å². The topological polar surface area (TPSA) is 112 Å². The summed E-state index contributed by atoms with van der Waals surface area (Å²) >= 11 is 0. The summed E-state index contributed by atoms with van der Waals surface area (Å²) in [5, 5.41) is 10.0. The highest BCUT2D eigenvalue weighted by Crippen LogP contribution is 2.29. The molecule has 0 bridgehead atoms. The summed E-state index contributed by atoms with van der Waals surface area (Å²) in [4.78, 5) is 40.7. The first-order valence-electron chi connectivity index (χ1n) is 9.65. The third-order valence-electron chi connectivity index (χ3n) is 4.41. The number of carbonyl (C=O) groups excluding carboxylic acids is 3. The molecule has 0 spiro atoms. The second kappa shape index (κ2) is 10.8. The Balaban J connectivity index is 2.77. The first-order valence-corrected chi connectivity index (χ1v) is 9.65. The molecule has 1 rings (SSSR count). The fourth-order valence-corrected chi connectivity index (χ4v) is 2.67. The van der Waals surface area contributed by atoms with Gasteiger partial charge in [0.15, 0.2) is 23.0 Å². The zero-order valence-electron chi connectivity index (χ0n) is 18.1. The molecule has 0 aliphatic rings. The average Bonchev–Trinajstić information content (AvgIpc) is 2.65. The number of carbonyl (C=O) groups is 3. The number of ether oxygens (including phenoxy) is 3. The average molecular weight is 409 g/mol. The van der Waals surface area contributed by atoms with Crippen molar-refractivity contribution < 1.29 is 33.7 Å². The third-order valence-corrected chi connectivity index (χ3v) is 4.41. The van der Waals surface area contributed by atoms with Crippen LogP contribution in [0, 0.1) is 17.8 Å². The lowest BCUT2D eigenvalue weighted by molar-refractivity contribution is -0.174. The molecule has 1 aromatic heterocycles. The van der Waals surface area contributed by atoms with E-state index in [9.17, 15) is 19.5 Å². The number of esters is 2. The molecule has 162 valence electrons. The summed E-state index contributed by atoms with van der Waals surface area (Å²) in [6, 6.07) is 1.43. The van der Waals surface area contributed by atoms with Gasteiger partial charge in [-0.1, -0.05) is 34.6 Å². The van der Waals surface area contributed by atoms with Crippen LogP contribution in [0.1, 0.15) is 58.5 Å². The van der Waals surface area contributed by atoms with Crippen molar-refractivity contribution >= 4 is 17.7 Å². The second-order valence-electron chi connectivity index (χ2n) is 7.68. The molecule has 0 aliphatic carbocycles. The van der Waals surface area contributed by atoms with Crippen LogP contribution in [-0.4, -0.2) is 47.1 Å². The van der Waals surface area contributed by atoms with E-state index in [0.717, 1.165) is 0 Å². The minimum atomic E-state index is -0.772. The van der Waals surface area contributed by atoms with E-state index >= 15 is 0 Å². The summed E-state index contributed by atoms with van der Waals surface area (Å²) in [6.45, 7) is 10.4. The van der Waals surface area contributed by atoms with E-state index in [-0.39, 0.29) is 41.4 Å². The Labute approximate surface area is 171 Å². The molecule has 8 nitrogen and oxygen atoms in total. The Morgan fingerprint density at radius 1 is 1.03 bits per heavy atom. The number of hydrogen-bond donors (Lipinski definition) is 1. The zero-order chi connectivity index (χ0) is 22.3. The molecule has 0 fully saturated rings. The van der Waals surface area contributed by atoms with Crippen molar-refractivity contribution in [1.82, 2.24) is 4.98 Å². The van der Waals surface area contributed by atoms with Gasteiger partial charge in [-0.25, -0.2) is 4.98 Å². The van der Waals surface area contributed by atoms with Crippen LogP contribution in [0.3, 0.4) is 0 Å². The van der Waals surface area contributed by atoms with Crippen molar-refractivity contribution in [3.05, 3.63) is 18.0 Å². The van der Waals surface area contributed by atoms with Crippen molar-refractivity contribution in [3.8, 4) is 11.5 Å². The molecule has 0 unspecified atom stereocenters. The van der Waals surface area contributed by atoms with Gasteiger partial charge in [0.05, 0.1) is 18.9 Å². The molecule has 8 heteroatoms. The van der Waals surface area contributed by atoms with Gasteiger partial charge in [0, 0.05) is 18.7 Å². The summed E-state index contributed by atoms with van der Waals surface area (Å²) < 4.78 is 15.9. The third kappa shape index (κ3) is 6.73. The van der Waals surface area contributed by atoms with Crippen LogP contribution in [0.4, 0.5) is 0 Å². The van der Waals surface area contributed by atoms with E-state index in [0.29, 0.717) is 0 Å². The Bertz CT molecular complexity index is 730. The van der Waals surface area contributed by atoms with Crippen LogP contribution in [0.25, 0.3) is 0 Å². The summed E-state index contributed by atoms with van der Waals surface area (Å²) in [5.74, 6) is -2.84. The van der Waals surface area contributed by atoms with Gasteiger partial charge in [0.2, 0.25) is 0 Å². The molecule has 0 saturated heterocycles. The maximum Gasteiger partial charge on any atom is 0.309 e. The van der Waals surface area contributed by atoms with Crippen molar-refractivity contribution in [1.29, 1.82) is 0 Å². The SMILES string of the molecule is COc1ccnc(C(=O)C[C@@H](C)C(=O)O[C@@H](C)[C@H](OC(=O)C(C)C)C(C)C)c1O. The largest absolute Gasteiger partial charge is 0.503 e. The lowest BCUT2D eigenvalue weighted by Gasteiger charge is -2.28. The maximum absolute atomic E-state index is 12.5. The lowest BCUT2D eigenvalue weighted by atomic mass is 10.0. The van der Waals surface area contributed by atoms with Crippen LogP contribution in [-0.2, 0) is 19.1 Å². The first kappa shape index (κ1) is 24.4. The van der Waals surface area contributed by atoms with Gasteiger partial charge >= 0.3 is 11.9 Å². The molecule has 0 saturated carbocycles. The predicted octanol–water partition coefficient (Wildman–Crippen LogP) is 3.16. The van der Waals surface area contributed by atoms with Crippen LogP contribution >= 0.6 is 0 Å². The zero-order valence-corrected chi connectivity index (χ0v) is 18.1. The van der Waals surface area contributed by atoms with Crippen molar-refractivity contribution in [3.63, 3.8) is 0 Å². The fourth-order valence-electron chi connectivity index (χ4n) is 2.67. The van der Waals surface area contributed by atoms with Gasteiger partial charge < -0.3 is 19.3 Å². The molecule has 1 N–H and O–H groups in total. The highest BCUT2D eigenvalue weighted by Gasteiger charge is 2.31. The maximum atomic E-state index is 12.5. The van der Waals surface area contributed by atoms with Gasteiger partial charge in [-0.3, -0.25) is 14.4 Å². The number of Topliss-reactive ketones (excluding diaryl/α,β-unsaturated/α-hetero) is 1. The number of pyridine rings is 1. The van der Waals surface area contributed by atoms with E-state index in [1.165, 1.54) is 19.4 Å². The van der Waals surface area contributed by atoms with Crippen LogP contribution < -0.4 is 4.74 Å². The van der Waals surface area contributed by atoms with Gasteiger partial charge in [0.25, 0.3) is 0 Å². The molecule has 0 amide bonds. The van der Waals surface area contributed by atoms with E-state index in [2.05, 4.69) is 4.98 Å². The molecule has 29 heavy (non-hydrogen) atoms. The highest BCUT2D eigenvalue weighted by atomic mass is 16.6. The van der Waals surface area contributed by atoms with E-state index in [4.69, 9.17) is 14.2 Å². The Morgan fingerprint density at radius 2 is 1.66 bits per heavy atom. The highest BCUT2D eigenvalue weighted by molar-refractivity contribution is 5.99. The summed E-state index contributed by atoms with van der Waals surface area (Å²) in [5.41, 5.74) is -0.164. The predicted molar refractivity (Wildman–Crippen MR) is 106 cm³/mol. The second-order valence-corrected chi connectivity index (χ2v) is 7.68. The number of ketones is 1. The monoisotopic (exact) mass is 409 g/mol. The number of nitrogens with zero attached hydrogens (tertiary/aromatic N) is 1. The quantitative estimate of drug-likeness (QED) is 0.463. The number of hydrogen-bond acceptors (Lipinski definition) is 8. The fraction of sp³-hybridized carbons (Fsp3) is 0.619. The molecule has 1 heterocycles. The molecule has 0 aliphatic heterocycles. The molecular weight excluding hydrogens is 378 g/mol. The first-order chi connectivity index (χ1) is 13.5. The van der Waals surface area contributed by atoms with Crippen molar-refractivity contribution in [2.45, 2.75) is 60.2 Å². The van der Waals surface area contributed by atoms with E-state index in [1.54, 1.807) is 27.7 Å². The normalized spacial score (nSPS) is 14.2. The van der Waals surface area contributed by atoms with Gasteiger partial charge in [0.1, 0.15) is 12.2 Å². The van der Waals surface area contributed by atoms with Crippen molar-refractivity contribution in [2.75, 3.05) is 7.11 Å². The Morgan fingerprint density at radius 3 is 2.17 bits per heavy atom. The molecule has 1 aromatic rings. The molecule has 0 aromatic carbocycles. The lowest BCUT2D eigenvalue weighted by Crippen LogP contribution is -2.39. The van der Waals surface area contributed by atoms with Gasteiger partial charge in [-0.2, -0.15) is 0 Å². The van der Waals surface area contributed by atoms with E-state index < -0.39 is 29.9 Å². The van der Waals surface area contributed by atoms with Crippen LogP contribution in [0.15, 0.2) is 12.3 Å². The van der Waals surface area contributed by atoms with Crippen LogP contribution in [0.2, 0.25) is 0 Å². The van der Waals surface area contributed by atoms with Gasteiger partial charge in [-0.05, 0) is 12.8 Å².